The largest absolute Gasteiger partial charge is 0.326 e. The number of H-pyrrole nitrogens is 1. The summed E-state index contributed by atoms with van der Waals surface area (Å²) >= 11 is 0. The third-order valence-electron chi connectivity index (χ3n) is 3.86. The molecule has 2 unspecified atom stereocenters. The highest BCUT2D eigenvalue weighted by molar-refractivity contribution is 5.93. The number of piperidine rings is 1. The Hall–Kier alpha value is -1.40. The highest BCUT2D eigenvalue weighted by atomic mass is 16.2. The van der Waals surface area contributed by atoms with E-state index in [9.17, 15) is 4.79 Å². The minimum absolute atomic E-state index is 0.00523. The van der Waals surface area contributed by atoms with Gasteiger partial charge in [0.2, 0.25) is 5.91 Å². The molecule has 1 aromatic rings. The SMILES string of the molecule is Cc1n[nH]c(C)c1NC(=O)CN1CCC(C)C(N)C1. The number of aromatic amines is 1. The Morgan fingerprint density at radius 3 is 2.89 bits per heavy atom. The van der Waals surface area contributed by atoms with Crippen LogP contribution in [0.1, 0.15) is 24.7 Å². The minimum Gasteiger partial charge on any atom is -0.326 e. The fourth-order valence-corrected chi connectivity index (χ4v) is 2.43. The molecule has 0 aromatic carbocycles. The predicted molar refractivity (Wildman–Crippen MR) is 74.9 cm³/mol. The van der Waals surface area contributed by atoms with E-state index in [4.69, 9.17) is 5.73 Å². The molecule has 0 aliphatic carbocycles. The van der Waals surface area contributed by atoms with E-state index in [1.165, 1.54) is 0 Å². The van der Waals surface area contributed by atoms with E-state index in [1.807, 2.05) is 13.8 Å². The Morgan fingerprint density at radius 1 is 1.58 bits per heavy atom. The van der Waals surface area contributed by atoms with E-state index in [-0.39, 0.29) is 11.9 Å². The number of carbonyl (C=O) groups is 1. The third-order valence-corrected chi connectivity index (χ3v) is 3.86. The number of amides is 1. The predicted octanol–water partition coefficient (Wildman–Crippen LogP) is 0.634. The summed E-state index contributed by atoms with van der Waals surface area (Å²) in [5.41, 5.74) is 8.53. The molecule has 1 saturated heterocycles. The smallest absolute Gasteiger partial charge is 0.238 e. The van der Waals surface area contributed by atoms with Crippen LogP contribution < -0.4 is 11.1 Å². The zero-order valence-electron chi connectivity index (χ0n) is 11.9. The maximum atomic E-state index is 12.0. The van der Waals surface area contributed by atoms with E-state index in [0.29, 0.717) is 12.5 Å². The molecule has 1 aliphatic heterocycles. The first-order valence-corrected chi connectivity index (χ1v) is 6.76. The van der Waals surface area contributed by atoms with Gasteiger partial charge in [0.15, 0.2) is 0 Å². The van der Waals surface area contributed by atoms with Gasteiger partial charge in [-0.3, -0.25) is 14.8 Å². The van der Waals surface area contributed by atoms with Crippen molar-refractivity contribution in [1.82, 2.24) is 15.1 Å². The lowest BCUT2D eigenvalue weighted by Gasteiger charge is -2.34. The van der Waals surface area contributed by atoms with E-state index in [1.54, 1.807) is 0 Å². The first kappa shape index (κ1) is 14.0. The van der Waals surface area contributed by atoms with Gasteiger partial charge in [-0.05, 0) is 32.7 Å². The molecular formula is C13H23N5O. The molecule has 19 heavy (non-hydrogen) atoms. The van der Waals surface area contributed by atoms with Gasteiger partial charge in [0.25, 0.3) is 0 Å². The molecule has 4 N–H and O–H groups in total. The first-order chi connectivity index (χ1) is 8.97. The average Bonchev–Trinajstić information content (AvgIpc) is 2.66. The molecule has 1 aliphatic rings. The van der Waals surface area contributed by atoms with Crippen molar-refractivity contribution in [3.05, 3.63) is 11.4 Å². The summed E-state index contributed by atoms with van der Waals surface area (Å²) in [6, 6.07) is 0.166. The topological polar surface area (TPSA) is 87.0 Å². The van der Waals surface area contributed by atoms with E-state index >= 15 is 0 Å². The lowest BCUT2D eigenvalue weighted by atomic mass is 9.94. The van der Waals surface area contributed by atoms with Gasteiger partial charge >= 0.3 is 0 Å². The van der Waals surface area contributed by atoms with Crippen molar-refractivity contribution in [3.63, 3.8) is 0 Å². The van der Waals surface area contributed by atoms with Crippen LogP contribution in [0.15, 0.2) is 0 Å². The fraction of sp³-hybridized carbons (Fsp3) is 0.692. The number of nitrogens with two attached hydrogens (primary N) is 1. The lowest BCUT2D eigenvalue weighted by Crippen LogP contribution is -2.49. The standard InChI is InChI=1S/C13H23N5O/c1-8-4-5-18(6-11(8)14)7-12(19)15-13-9(2)16-17-10(13)3/h8,11H,4-7,14H2,1-3H3,(H,15,19)(H,16,17). The zero-order chi connectivity index (χ0) is 14.0. The molecule has 0 bridgehead atoms. The summed E-state index contributed by atoms with van der Waals surface area (Å²) in [5.74, 6) is 0.534. The molecule has 6 nitrogen and oxygen atoms in total. The van der Waals surface area contributed by atoms with Crippen molar-refractivity contribution >= 4 is 11.6 Å². The number of nitrogens with one attached hydrogen (secondary N) is 2. The Labute approximate surface area is 113 Å². The number of anilines is 1. The van der Waals surface area contributed by atoms with Gasteiger partial charge in [-0.25, -0.2) is 0 Å². The van der Waals surface area contributed by atoms with Crippen molar-refractivity contribution in [2.45, 2.75) is 33.2 Å². The first-order valence-electron chi connectivity index (χ1n) is 6.76. The molecule has 0 radical (unpaired) electrons. The highest BCUT2D eigenvalue weighted by Gasteiger charge is 2.24. The normalized spacial score (nSPS) is 24.4. The van der Waals surface area contributed by atoms with Gasteiger partial charge in [0.05, 0.1) is 23.6 Å². The summed E-state index contributed by atoms with van der Waals surface area (Å²) in [7, 11) is 0. The van der Waals surface area contributed by atoms with Gasteiger partial charge < -0.3 is 11.1 Å². The number of carbonyl (C=O) groups excluding carboxylic acids is 1. The molecule has 2 heterocycles. The number of nitrogens with zero attached hydrogens (tertiary/aromatic N) is 2. The molecule has 1 fully saturated rings. The summed E-state index contributed by atoms with van der Waals surface area (Å²) in [6.45, 7) is 8.06. The maximum Gasteiger partial charge on any atom is 0.238 e. The van der Waals surface area contributed by atoms with Crippen LogP contribution in [0.5, 0.6) is 0 Å². The molecule has 1 amide bonds. The molecule has 2 atom stereocenters. The van der Waals surface area contributed by atoms with Gasteiger partial charge in [0, 0.05) is 12.6 Å². The quantitative estimate of drug-likeness (QED) is 0.748. The Balaban J connectivity index is 1.88. The van der Waals surface area contributed by atoms with Gasteiger partial charge in [-0.15, -0.1) is 0 Å². The fourth-order valence-electron chi connectivity index (χ4n) is 2.43. The Bertz CT molecular complexity index is 436. The lowest BCUT2D eigenvalue weighted by molar-refractivity contribution is -0.117. The average molecular weight is 265 g/mol. The Morgan fingerprint density at radius 2 is 2.32 bits per heavy atom. The molecule has 1 aromatic heterocycles. The van der Waals surface area contributed by atoms with Crippen molar-refractivity contribution in [3.8, 4) is 0 Å². The molecule has 0 spiro atoms. The van der Waals surface area contributed by atoms with Crippen LogP contribution in [0.25, 0.3) is 0 Å². The highest BCUT2D eigenvalue weighted by Crippen LogP contribution is 2.17. The number of rotatable bonds is 3. The summed E-state index contributed by atoms with van der Waals surface area (Å²) in [4.78, 5) is 14.2. The van der Waals surface area contributed by atoms with Crippen LogP contribution in [0.4, 0.5) is 5.69 Å². The second-order valence-corrected chi connectivity index (χ2v) is 5.52. The van der Waals surface area contributed by atoms with E-state index in [2.05, 4.69) is 27.3 Å². The molecule has 6 heteroatoms. The van der Waals surface area contributed by atoms with Crippen LogP contribution in [0.2, 0.25) is 0 Å². The van der Waals surface area contributed by atoms with Crippen LogP contribution in [-0.2, 0) is 4.79 Å². The molecule has 0 saturated carbocycles. The van der Waals surface area contributed by atoms with E-state index in [0.717, 1.165) is 36.6 Å². The van der Waals surface area contributed by atoms with Gasteiger partial charge in [-0.1, -0.05) is 6.92 Å². The minimum atomic E-state index is -0.00523. The number of hydrogen-bond acceptors (Lipinski definition) is 4. The van der Waals surface area contributed by atoms with Crippen LogP contribution in [-0.4, -0.2) is 46.7 Å². The number of likely N-dealkylation sites (tertiary alicyclic amines) is 1. The summed E-state index contributed by atoms with van der Waals surface area (Å²) in [5, 5.41) is 9.84. The summed E-state index contributed by atoms with van der Waals surface area (Å²) in [6.07, 6.45) is 1.05. The Kier molecular flexibility index (Phi) is 4.21. The van der Waals surface area contributed by atoms with Crippen LogP contribution >= 0.6 is 0 Å². The molecular weight excluding hydrogens is 242 g/mol. The second-order valence-electron chi connectivity index (χ2n) is 5.52. The van der Waals surface area contributed by atoms with E-state index < -0.39 is 0 Å². The number of aromatic nitrogens is 2. The zero-order valence-corrected chi connectivity index (χ0v) is 11.9. The molecule has 106 valence electrons. The maximum absolute atomic E-state index is 12.0. The third kappa shape index (κ3) is 3.33. The van der Waals surface area contributed by atoms with Crippen molar-refractivity contribution < 1.29 is 4.79 Å². The van der Waals surface area contributed by atoms with Gasteiger partial charge in [0.1, 0.15) is 0 Å². The van der Waals surface area contributed by atoms with Crippen molar-refractivity contribution in [1.29, 1.82) is 0 Å². The second kappa shape index (κ2) is 5.71. The monoisotopic (exact) mass is 265 g/mol. The van der Waals surface area contributed by atoms with Gasteiger partial charge in [-0.2, -0.15) is 5.10 Å². The van der Waals surface area contributed by atoms with Crippen LogP contribution in [0.3, 0.4) is 0 Å². The van der Waals surface area contributed by atoms with Crippen LogP contribution in [0, 0.1) is 19.8 Å². The summed E-state index contributed by atoms with van der Waals surface area (Å²) < 4.78 is 0. The number of aryl methyl sites for hydroxylation is 2. The molecule has 2 rings (SSSR count). The number of hydrogen-bond donors (Lipinski definition) is 3. The van der Waals surface area contributed by atoms with Crippen molar-refractivity contribution in [2.24, 2.45) is 11.7 Å². The van der Waals surface area contributed by atoms with Crippen molar-refractivity contribution in [2.75, 3.05) is 25.0 Å².